The molecule has 0 bridgehead atoms. The lowest BCUT2D eigenvalue weighted by Crippen LogP contribution is -2.70. The van der Waals surface area contributed by atoms with Crippen LogP contribution in [0.3, 0.4) is 0 Å². The van der Waals surface area contributed by atoms with Crippen LogP contribution in [0.1, 0.15) is 66.7 Å². The highest BCUT2D eigenvalue weighted by Gasteiger charge is 2.53. The van der Waals surface area contributed by atoms with E-state index in [1.165, 1.54) is 20.8 Å². The van der Waals surface area contributed by atoms with Gasteiger partial charge in [0.25, 0.3) is 0 Å². The summed E-state index contributed by atoms with van der Waals surface area (Å²) in [6.07, 6.45) is -15.1. The fraction of sp³-hybridized carbons (Fsp3) is 0.778. The number of carbonyl (C=O) groups is 8. The van der Waals surface area contributed by atoms with Crippen molar-refractivity contribution in [3.8, 4) is 0 Å². The molecule has 62 heavy (non-hydrogen) atoms. The topological polar surface area (TPSA) is 413 Å². The van der Waals surface area contributed by atoms with E-state index in [2.05, 4.69) is 31.9 Å². The number of hydrogen-bond acceptors (Lipinski definition) is 18. The number of hydrogen-bond donors (Lipinski definition) is 14. The highest BCUT2D eigenvalue weighted by molar-refractivity contribution is 5.91. The van der Waals surface area contributed by atoms with Crippen molar-refractivity contribution >= 4 is 47.4 Å². The fourth-order valence-electron chi connectivity index (χ4n) is 6.42. The molecule has 26 nitrogen and oxygen atoms in total. The van der Waals surface area contributed by atoms with Gasteiger partial charge in [-0.25, -0.2) is 9.59 Å². The van der Waals surface area contributed by atoms with E-state index in [0.29, 0.717) is 12.8 Å². The first-order valence-corrected chi connectivity index (χ1v) is 19.8. The van der Waals surface area contributed by atoms with Crippen LogP contribution in [0.15, 0.2) is 0 Å². The monoisotopic (exact) mass is 895 g/mol. The van der Waals surface area contributed by atoms with Gasteiger partial charge in [0.2, 0.25) is 35.4 Å². The van der Waals surface area contributed by atoms with E-state index in [-0.39, 0.29) is 18.9 Å². The van der Waals surface area contributed by atoms with Gasteiger partial charge in [0.15, 0.2) is 12.6 Å². The highest BCUT2D eigenvalue weighted by Crippen LogP contribution is 2.31. The number of nitrogens with one attached hydrogen (secondary N) is 6. The third-order valence-electron chi connectivity index (χ3n) is 9.78. The lowest BCUT2D eigenvalue weighted by atomic mass is 9.94. The zero-order valence-electron chi connectivity index (χ0n) is 34.9. The van der Waals surface area contributed by atoms with E-state index in [1.54, 1.807) is 0 Å². The number of aliphatic hydroxyl groups is 5. The van der Waals surface area contributed by atoms with Gasteiger partial charge < -0.3 is 92.3 Å². The zero-order chi connectivity index (χ0) is 47.0. The second-order valence-electron chi connectivity index (χ2n) is 15.0. The second kappa shape index (κ2) is 25.5. The quantitative estimate of drug-likeness (QED) is 0.0401. The van der Waals surface area contributed by atoms with Crippen molar-refractivity contribution in [3.63, 3.8) is 0 Å². The van der Waals surface area contributed by atoms with Crippen LogP contribution in [-0.4, -0.2) is 194 Å². The second-order valence-corrected chi connectivity index (χ2v) is 15.0. The summed E-state index contributed by atoms with van der Waals surface area (Å²) in [6, 6.07) is -8.17. The maximum absolute atomic E-state index is 13.4. The minimum Gasteiger partial charge on any atom is -0.480 e. The lowest BCUT2D eigenvalue weighted by Gasteiger charge is -2.48. The molecule has 2 fully saturated rings. The number of aliphatic hydroxyl groups excluding tert-OH is 5. The van der Waals surface area contributed by atoms with E-state index >= 15 is 0 Å². The SMILES string of the molecule is CC(=O)NC1C(OC2C(CO)OC(O)C(NC(C)=O)C2OC(C)C(=O)NC(C)C(=O)NC(CCC(=O)NC(CCCCNC(=O)C(C)N)C(=O)O)C(=O)O)OC(CO)C(O)C1O. The number of aliphatic carboxylic acids is 2. The van der Waals surface area contributed by atoms with E-state index in [1.807, 2.05) is 0 Å². The van der Waals surface area contributed by atoms with Crippen LogP contribution in [-0.2, 0) is 57.3 Å². The van der Waals surface area contributed by atoms with Crippen LogP contribution in [0, 0.1) is 0 Å². The van der Waals surface area contributed by atoms with Crippen LogP contribution < -0.4 is 37.6 Å². The molecule has 15 atom stereocenters. The summed E-state index contributed by atoms with van der Waals surface area (Å²) in [6.45, 7) is 4.60. The number of rotatable bonds is 24. The minimum atomic E-state index is -1.88. The molecule has 26 heteroatoms. The molecule has 0 radical (unpaired) electrons. The third kappa shape index (κ3) is 16.2. The minimum absolute atomic E-state index is 0.000456. The molecule has 2 aliphatic rings. The molecule has 2 saturated heterocycles. The smallest absolute Gasteiger partial charge is 0.326 e. The lowest BCUT2D eigenvalue weighted by molar-refractivity contribution is -0.333. The summed E-state index contributed by atoms with van der Waals surface area (Å²) in [5, 5.41) is 85.4. The molecule has 15 unspecified atom stereocenters. The Kier molecular flexibility index (Phi) is 22.0. The Morgan fingerprint density at radius 3 is 1.82 bits per heavy atom. The first-order valence-electron chi connectivity index (χ1n) is 19.8. The average molecular weight is 896 g/mol. The Labute approximate surface area is 355 Å². The predicted octanol–water partition coefficient (Wildman–Crippen LogP) is -6.64. The van der Waals surface area contributed by atoms with Gasteiger partial charge in [0, 0.05) is 26.8 Å². The van der Waals surface area contributed by atoms with Gasteiger partial charge in [-0.15, -0.1) is 0 Å². The third-order valence-corrected chi connectivity index (χ3v) is 9.78. The Hall–Kier alpha value is -4.64. The number of carboxylic acids is 2. The van der Waals surface area contributed by atoms with Gasteiger partial charge in [0.1, 0.15) is 72.9 Å². The fourth-order valence-corrected chi connectivity index (χ4v) is 6.42. The van der Waals surface area contributed by atoms with Crippen LogP contribution in [0.2, 0.25) is 0 Å². The maximum Gasteiger partial charge on any atom is 0.326 e. The summed E-state index contributed by atoms with van der Waals surface area (Å²) in [5.74, 6) is -7.53. The summed E-state index contributed by atoms with van der Waals surface area (Å²) in [5.41, 5.74) is 5.46. The van der Waals surface area contributed by atoms with Gasteiger partial charge in [-0.3, -0.25) is 28.8 Å². The highest BCUT2D eigenvalue weighted by atomic mass is 16.7. The molecule has 0 spiro atoms. The molecular weight excluding hydrogens is 834 g/mol. The van der Waals surface area contributed by atoms with Gasteiger partial charge in [-0.05, 0) is 46.5 Å². The first-order chi connectivity index (χ1) is 29.0. The number of nitrogens with two attached hydrogens (primary N) is 1. The molecule has 354 valence electrons. The van der Waals surface area contributed by atoms with Crippen LogP contribution >= 0.6 is 0 Å². The molecule has 0 saturated carbocycles. The van der Waals surface area contributed by atoms with Crippen molar-refractivity contribution in [2.75, 3.05) is 19.8 Å². The van der Waals surface area contributed by atoms with Crippen LogP contribution in [0.5, 0.6) is 0 Å². The number of amides is 6. The molecule has 6 amide bonds. The van der Waals surface area contributed by atoms with E-state index in [9.17, 15) is 74.1 Å². The maximum atomic E-state index is 13.4. The van der Waals surface area contributed by atoms with Crippen molar-refractivity contribution in [1.82, 2.24) is 31.9 Å². The molecule has 2 heterocycles. The Bertz CT molecular complexity index is 1560. The Morgan fingerprint density at radius 2 is 1.27 bits per heavy atom. The van der Waals surface area contributed by atoms with Crippen molar-refractivity contribution in [2.24, 2.45) is 5.73 Å². The molecule has 0 aliphatic carbocycles. The number of carboxylic acid groups (broad SMARTS) is 2. The largest absolute Gasteiger partial charge is 0.480 e. The van der Waals surface area contributed by atoms with Crippen molar-refractivity contribution < 1.29 is 93.0 Å². The van der Waals surface area contributed by atoms with Crippen molar-refractivity contribution in [2.45, 2.75) is 158 Å². The van der Waals surface area contributed by atoms with Crippen molar-refractivity contribution in [3.05, 3.63) is 0 Å². The van der Waals surface area contributed by atoms with Gasteiger partial charge in [-0.2, -0.15) is 0 Å². The average Bonchev–Trinajstić information content (AvgIpc) is 3.19. The summed E-state index contributed by atoms with van der Waals surface area (Å²) >= 11 is 0. The molecule has 0 aromatic carbocycles. The van der Waals surface area contributed by atoms with Gasteiger partial charge in [-0.1, -0.05) is 0 Å². The molecule has 2 rings (SSSR count). The molecule has 0 aromatic rings. The molecule has 2 aliphatic heterocycles. The molecular formula is C36H61N7O19. The Morgan fingerprint density at radius 1 is 0.694 bits per heavy atom. The van der Waals surface area contributed by atoms with Gasteiger partial charge >= 0.3 is 11.9 Å². The van der Waals surface area contributed by atoms with E-state index in [4.69, 9.17) is 24.7 Å². The summed E-state index contributed by atoms with van der Waals surface area (Å²) in [7, 11) is 0. The standard InChI is InChI=1S/C36H61N7O19/c1-14(37)30(51)38-11-7-6-8-19(33(54)55)42-23(48)10-9-20(34(56)57)43-31(52)15(2)39-32(53)16(3)59-29-25(41-18(5)47)35(58)60-22(13-45)28(29)62-36-24(40-17(4)46)27(50)26(49)21(12-44)61-36/h14-16,19-22,24-29,35-36,44-45,49-50,58H,6-13,37H2,1-5H3,(H,38,51)(H,39,53)(H,40,46)(H,41,47)(H,42,48)(H,43,52)(H,54,55)(H,56,57). The predicted molar refractivity (Wildman–Crippen MR) is 207 cm³/mol. The van der Waals surface area contributed by atoms with Crippen LogP contribution in [0.25, 0.3) is 0 Å². The number of unbranched alkanes of at least 4 members (excludes halogenated alkanes) is 1. The molecule has 0 aromatic heterocycles. The zero-order valence-corrected chi connectivity index (χ0v) is 34.9. The van der Waals surface area contributed by atoms with Crippen LogP contribution in [0.4, 0.5) is 0 Å². The normalized spacial score (nSPS) is 28.4. The Balaban J connectivity index is 2.14. The number of ether oxygens (including phenoxy) is 4. The number of carbonyl (C=O) groups excluding carboxylic acids is 6. The van der Waals surface area contributed by atoms with E-state index in [0.717, 1.165) is 13.8 Å². The van der Waals surface area contributed by atoms with Gasteiger partial charge in [0.05, 0.1) is 19.3 Å². The van der Waals surface area contributed by atoms with Crippen molar-refractivity contribution in [1.29, 1.82) is 0 Å². The van der Waals surface area contributed by atoms with E-state index < -0.39 is 159 Å². The summed E-state index contributed by atoms with van der Waals surface area (Å²) < 4.78 is 23.1. The first kappa shape index (κ1) is 53.5. The molecule has 15 N–H and O–H groups in total. The summed E-state index contributed by atoms with van der Waals surface area (Å²) in [4.78, 5) is 98.5.